The van der Waals surface area contributed by atoms with Crippen LogP contribution in [-0.4, -0.2) is 33.7 Å². The quantitative estimate of drug-likeness (QED) is 0.687. The second-order valence-electron chi connectivity index (χ2n) is 5.44. The van der Waals surface area contributed by atoms with Crippen LogP contribution >= 0.6 is 15.9 Å². The van der Waals surface area contributed by atoms with Crippen LogP contribution in [0, 0.1) is 13.8 Å². The number of hydrogen-bond donors (Lipinski definition) is 1. The molecular formula is C16H18BrN5O2. The summed E-state index contributed by atoms with van der Waals surface area (Å²) in [6.07, 6.45) is 1.72. The number of nitrogen functional groups attached to an aromatic ring is 1. The Labute approximate surface area is 148 Å². The standard InChI is InChI=1S/C16H18BrN5O2/c1-8-10(5-11(23-3)9(2)13(8)24-4)6-22-7-19-12-14(17)20-16(18)21-15(12)22/h5,7H,6H2,1-4H3,(H2,18,20,21). The minimum atomic E-state index is 0.201. The molecule has 0 amide bonds. The van der Waals surface area contributed by atoms with E-state index in [9.17, 15) is 0 Å². The van der Waals surface area contributed by atoms with Crippen molar-refractivity contribution in [3.05, 3.63) is 33.7 Å². The number of imidazole rings is 1. The lowest BCUT2D eigenvalue weighted by atomic mass is 10.0. The molecule has 0 saturated carbocycles. The predicted octanol–water partition coefficient (Wildman–Crippen LogP) is 2.85. The molecule has 8 heteroatoms. The Bertz CT molecular complexity index is 923. The Hall–Kier alpha value is -2.35. The van der Waals surface area contributed by atoms with Gasteiger partial charge in [-0.25, -0.2) is 9.97 Å². The van der Waals surface area contributed by atoms with Gasteiger partial charge in [0, 0.05) is 5.56 Å². The molecule has 3 rings (SSSR count). The van der Waals surface area contributed by atoms with Crippen molar-refractivity contribution in [2.75, 3.05) is 20.0 Å². The number of ether oxygens (including phenoxy) is 2. The molecule has 0 atom stereocenters. The second kappa shape index (κ2) is 6.27. The van der Waals surface area contributed by atoms with Gasteiger partial charge in [0.25, 0.3) is 0 Å². The molecule has 0 aliphatic rings. The van der Waals surface area contributed by atoms with E-state index >= 15 is 0 Å². The third-order valence-electron chi connectivity index (χ3n) is 4.04. The molecule has 0 unspecified atom stereocenters. The highest BCUT2D eigenvalue weighted by Crippen LogP contribution is 2.34. The number of hydrogen-bond acceptors (Lipinski definition) is 6. The number of rotatable bonds is 4. The van der Waals surface area contributed by atoms with Crippen molar-refractivity contribution in [1.82, 2.24) is 19.5 Å². The van der Waals surface area contributed by atoms with E-state index in [4.69, 9.17) is 15.2 Å². The number of anilines is 1. The van der Waals surface area contributed by atoms with E-state index in [2.05, 4.69) is 30.9 Å². The molecule has 0 aliphatic carbocycles. The maximum absolute atomic E-state index is 5.75. The Kier molecular flexibility index (Phi) is 4.31. The minimum Gasteiger partial charge on any atom is -0.496 e. The summed E-state index contributed by atoms with van der Waals surface area (Å²) in [5.41, 5.74) is 10.2. The second-order valence-corrected chi connectivity index (χ2v) is 6.19. The fourth-order valence-electron chi connectivity index (χ4n) is 2.82. The largest absolute Gasteiger partial charge is 0.496 e. The fraction of sp³-hybridized carbons (Fsp3) is 0.312. The first-order valence-corrected chi connectivity index (χ1v) is 8.10. The fourth-order valence-corrected chi connectivity index (χ4v) is 3.28. The van der Waals surface area contributed by atoms with Crippen LogP contribution < -0.4 is 15.2 Å². The van der Waals surface area contributed by atoms with Crippen LogP contribution in [0.2, 0.25) is 0 Å². The van der Waals surface area contributed by atoms with Gasteiger partial charge in [0.15, 0.2) is 5.65 Å². The van der Waals surface area contributed by atoms with E-state index in [1.54, 1.807) is 20.5 Å². The monoisotopic (exact) mass is 391 g/mol. The van der Waals surface area contributed by atoms with Gasteiger partial charge in [-0.3, -0.25) is 0 Å². The van der Waals surface area contributed by atoms with Crippen molar-refractivity contribution in [3.8, 4) is 11.5 Å². The molecular weight excluding hydrogens is 374 g/mol. The molecule has 0 aliphatic heterocycles. The van der Waals surface area contributed by atoms with Crippen LogP contribution in [-0.2, 0) is 6.54 Å². The van der Waals surface area contributed by atoms with E-state index in [1.165, 1.54) is 0 Å². The average molecular weight is 392 g/mol. The van der Waals surface area contributed by atoms with Gasteiger partial charge < -0.3 is 19.8 Å². The lowest BCUT2D eigenvalue weighted by molar-refractivity contribution is 0.385. The maximum atomic E-state index is 5.75. The summed E-state index contributed by atoms with van der Waals surface area (Å²) < 4.78 is 13.5. The highest BCUT2D eigenvalue weighted by molar-refractivity contribution is 9.10. The summed E-state index contributed by atoms with van der Waals surface area (Å²) in [6.45, 7) is 4.57. The molecule has 24 heavy (non-hydrogen) atoms. The molecule has 0 fully saturated rings. The molecule has 0 radical (unpaired) electrons. The summed E-state index contributed by atoms with van der Waals surface area (Å²) in [5, 5.41) is 0. The van der Waals surface area contributed by atoms with Crippen molar-refractivity contribution in [2.24, 2.45) is 0 Å². The van der Waals surface area contributed by atoms with Crippen molar-refractivity contribution in [3.63, 3.8) is 0 Å². The zero-order valence-corrected chi connectivity index (χ0v) is 15.5. The van der Waals surface area contributed by atoms with Crippen molar-refractivity contribution >= 4 is 33.0 Å². The highest BCUT2D eigenvalue weighted by Gasteiger charge is 2.16. The van der Waals surface area contributed by atoms with Gasteiger partial charge in [0.1, 0.15) is 21.6 Å². The Morgan fingerprint density at radius 3 is 2.58 bits per heavy atom. The van der Waals surface area contributed by atoms with Crippen LogP contribution in [0.4, 0.5) is 5.95 Å². The van der Waals surface area contributed by atoms with Gasteiger partial charge in [-0.2, -0.15) is 4.98 Å². The third kappa shape index (κ3) is 2.66. The van der Waals surface area contributed by atoms with Gasteiger partial charge in [-0.05, 0) is 47.0 Å². The molecule has 0 spiro atoms. The molecule has 2 aromatic heterocycles. The van der Waals surface area contributed by atoms with E-state index < -0.39 is 0 Å². The van der Waals surface area contributed by atoms with Crippen LogP contribution in [0.25, 0.3) is 11.2 Å². The summed E-state index contributed by atoms with van der Waals surface area (Å²) in [4.78, 5) is 12.7. The van der Waals surface area contributed by atoms with Gasteiger partial charge in [-0.1, -0.05) is 0 Å². The predicted molar refractivity (Wildman–Crippen MR) is 95.6 cm³/mol. The van der Waals surface area contributed by atoms with Crippen molar-refractivity contribution in [1.29, 1.82) is 0 Å². The van der Waals surface area contributed by atoms with Gasteiger partial charge >= 0.3 is 0 Å². The maximum Gasteiger partial charge on any atom is 0.223 e. The number of nitrogens with two attached hydrogens (primary N) is 1. The van der Waals surface area contributed by atoms with E-state index in [0.717, 1.165) is 28.2 Å². The van der Waals surface area contributed by atoms with E-state index in [-0.39, 0.29) is 5.95 Å². The first kappa shape index (κ1) is 16.5. The van der Waals surface area contributed by atoms with E-state index in [0.29, 0.717) is 22.3 Å². The zero-order valence-electron chi connectivity index (χ0n) is 13.9. The molecule has 0 saturated heterocycles. The summed E-state index contributed by atoms with van der Waals surface area (Å²) in [6, 6.07) is 2.01. The lowest BCUT2D eigenvalue weighted by Crippen LogP contribution is -2.06. The molecule has 1 aromatic carbocycles. The van der Waals surface area contributed by atoms with Crippen molar-refractivity contribution in [2.45, 2.75) is 20.4 Å². The molecule has 7 nitrogen and oxygen atoms in total. The Morgan fingerprint density at radius 1 is 1.17 bits per heavy atom. The third-order valence-corrected chi connectivity index (χ3v) is 4.59. The first-order valence-electron chi connectivity index (χ1n) is 7.31. The SMILES string of the molecule is COc1cc(Cn2cnc3c(Br)nc(N)nc32)c(C)c(OC)c1C. The summed E-state index contributed by atoms with van der Waals surface area (Å²) in [5.74, 6) is 1.81. The van der Waals surface area contributed by atoms with Crippen molar-refractivity contribution < 1.29 is 9.47 Å². The number of nitrogens with zero attached hydrogens (tertiary/aromatic N) is 4. The van der Waals surface area contributed by atoms with Gasteiger partial charge in [0.2, 0.25) is 5.95 Å². The number of aromatic nitrogens is 4. The number of fused-ring (bicyclic) bond motifs is 1. The number of halogens is 1. The summed E-state index contributed by atoms with van der Waals surface area (Å²) >= 11 is 3.37. The highest BCUT2D eigenvalue weighted by atomic mass is 79.9. The zero-order chi connectivity index (χ0) is 17.4. The van der Waals surface area contributed by atoms with Crippen LogP contribution in [0.1, 0.15) is 16.7 Å². The van der Waals surface area contributed by atoms with Crippen LogP contribution in [0.3, 0.4) is 0 Å². The smallest absolute Gasteiger partial charge is 0.223 e. The van der Waals surface area contributed by atoms with Crippen LogP contribution in [0.5, 0.6) is 11.5 Å². The first-order chi connectivity index (χ1) is 11.5. The average Bonchev–Trinajstić information content (AvgIpc) is 2.93. The molecule has 3 aromatic rings. The minimum absolute atomic E-state index is 0.201. The lowest BCUT2D eigenvalue weighted by Gasteiger charge is -2.17. The van der Waals surface area contributed by atoms with Gasteiger partial charge in [0.05, 0.1) is 27.1 Å². The molecule has 2 N–H and O–H groups in total. The van der Waals surface area contributed by atoms with Crippen LogP contribution in [0.15, 0.2) is 17.0 Å². The number of methoxy groups -OCH3 is 2. The van der Waals surface area contributed by atoms with E-state index in [1.807, 2.05) is 24.5 Å². The molecule has 126 valence electrons. The number of benzene rings is 1. The summed E-state index contributed by atoms with van der Waals surface area (Å²) in [7, 11) is 3.31. The Balaban J connectivity index is 2.12. The normalized spacial score (nSPS) is 11.0. The molecule has 0 bridgehead atoms. The van der Waals surface area contributed by atoms with Gasteiger partial charge in [-0.15, -0.1) is 0 Å². The topological polar surface area (TPSA) is 88.1 Å². The Morgan fingerprint density at radius 2 is 1.92 bits per heavy atom. The molecule has 2 heterocycles.